The van der Waals surface area contributed by atoms with Crippen LogP contribution in [0.15, 0.2) is 47.0 Å². The van der Waals surface area contributed by atoms with E-state index in [1.807, 2.05) is 12.1 Å². The average Bonchev–Trinajstić information content (AvgIpc) is 3.23. The highest BCUT2D eigenvalue weighted by atomic mass is 16.7. The van der Waals surface area contributed by atoms with Crippen LogP contribution in [-0.2, 0) is 0 Å². The van der Waals surface area contributed by atoms with E-state index in [-0.39, 0.29) is 12.7 Å². The lowest BCUT2D eigenvalue weighted by Crippen LogP contribution is -2.11. The minimum Gasteiger partial charge on any atom is -0.454 e. The molecule has 1 aliphatic rings. The van der Waals surface area contributed by atoms with Crippen LogP contribution < -0.4 is 14.8 Å². The van der Waals surface area contributed by atoms with E-state index in [1.54, 1.807) is 37.3 Å². The van der Waals surface area contributed by atoms with Crippen molar-refractivity contribution in [1.82, 2.24) is 10.1 Å². The molecule has 3 aromatic rings. The SMILES string of the molecule is Cc1noc(-c2cccc(NC(=O)c3ccc4c(c3)OCO4)c2)n1. The van der Waals surface area contributed by atoms with E-state index < -0.39 is 0 Å². The summed E-state index contributed by atoms with van der Waals surface area (Å²) in [6.07, 6.45) is 0. The van der Waals surface area contributed by atoms with Crippen LogP contribution in [0.25, 0.3) is 11.5 Å². The normalized spacial score (nSPS) is 12.2. The van der Waals surface area contributed by atoms with Crippen molar-refractivity contribution in [1.29, 1.82) is 0 Å². The highest BCUT2D eigenvalue weighted by molar-refractivity contribution is 6.04. The highest BCUT2D eigenvalue weighted by Gasteiger charge is 2.16. The Balaban J connectivity index is 1.56. The number of carbonyl (C=O) groups is 1. The van der Waals surface area contributed by atoms with E-state index in [9.17, 15) is 4.79 Å². The second-order valence-electron chi connectivity index (χ2n) is 5.25. The van der Waals surface area contributed by atoms with Gasteiger partial charge in [0.2, 0.25) is 6.79 Å². The summed E-state index contributed by atoms with van der Waals surface area (Å²) in [5.41, 5.74) is 1.85. The molecule has 0 aliphatic carbocycles. The van der Waals surface area contributed by atoms with Crippen LogP contribution in [0.5, 0.6) is 11.5 Å². The molecule has 24 heavy (non-hydrogen) atoms. The zero-order valence-corrected chi connectivity index (χ0v) is 12.8. The van der Waals surface area contributed by atoms with Gasteiger partial charge in [0.25, 0.3) is 11.8 Å². The second kappa shape index (κ2) is 5.69. The third-order valence-corrected chi connectivity index (χ3v) is 3.53. The van der Waals surface area contributed by atoms with E-state index >= 15 is 0 Å². The average molecular weight is 323 g/mol. The van der Waals surface area contributed by atoms with Crippen molar-refractivity contribution >= 4 is 11.6 Å². The quantitative estimate of drug-likeness (QED) is 0.797. The zero-order chi connectivity index (χ0) is 16.5. The zero-order valence-electron chi connectivity index (χ0n) is 12.8. The maximum atomic E-state index is 12.4. The number of aryl methyl sites for hydroxylation is 1. The van der Waals surface area contributed by atoms with Crippen molar-refractivity contribution in [3.05, 3.63) is 53.9 Å². The van der Waals surface area contributed by atoms with Gasteiger partial charge in [-0.15, -0.1) is 0 Å². The van der Waals surface area contributed by atoms with E-state index in [0.29, 0.717) is 34.5 Å². The topological polar surface area (TPSA) is 86.5 Å². The van der Waals surface area contributed by atoms with Crippen LogP contribution in [0.2, 0.25) is 0 Å². The first-order chi connectivity index (χ1) is 11.7. The summed E-state index contributed by atoms with van der Waals surface area (Å²) in [6, 6.07) is 12.3. The lowest BCUT2D eigenvalue weighted by atomic mass is 10.1. The molecule has 4 rings (SSSR count). The van der Waals surface area contributed by atoms with Crippen molar-refractivity contribution in [2.45, 2.75) is 6.92 Å². The minimum atomic E-state index is -0.243. The van der Waals surface area contributed by atoms with Gasteiger partial charge >= 0.3 is 0 Å². The van der Waals surface area contributed by atoms with Gasteiger partial charge in [-0.25, -0.2) is 0 Å². The van der Waals surface area contributed by atoms with Gasteiger partial charge in [-0.1, -0.05) is 11.2 Å². The number of carbonyl (C=O) groups excluding carboxylic acids is 1. The minimum absolute atomic E-state index is 0.173. The van der Waals surface area contributed by atoms with Crippen molar-refractivity contribution in [3.8, 4) is 23.0 Å². The Kier molecular flexibility index (Phi) is 3.38. The summed E-state index contributed by atoms with van der Waals surface area (Å²) in [5, 5.41) is 6.61. The predicted molar refractivity (Wildman–Crippen MR) is 85.0 cm³/mol. The second-order valence-corrected chi connectivity index (χ2v) is 5.25. The number of benzene rings is 2. The number of anilines is 1. The Labute approximate surface area is 137 Å². The molecule has 0 fully saturated rings. The molecule has 0 radical (unpaired) electrons. The number of ether oxygens (including phenoxy) is 2. The molecule has 1 amide bonds. The van der Waals surface area contributed by atoms with E-state index in [1.165, 1.54) is 0 Å². The fourth-order valence-electron chi connectivity index (χ4n) is 2.39. The molecule has 7 heteroatoms. The maximum Gasteiger partial charge on any atom is 0.257 e. The summed E-state index contributed by atoms with van der Waals surface area (Å²) in [5.74, 6) is 1.93. The van der Waals surface area contributed by atoms with Gasteiger partial charge < -0.3 is 19.3 Å². The van der Waals surface area contributed by atoms with Crippen LogP contribution in [0.3, 0.4) is 0 Å². The smallest absolute Gasteiger partial charge is 0.257 e. The molecular formula is C17H13N3O4. The number of rotatable bonds is 3. The van der Waals surface area contributed by atoms with E-state index in [2.05, 4.69) is 15.5 Å². The van der Waals surface area contributed by atoms with Crippen LogP contribution >= 0.6 is 0 Å². The third-order valence-electron chi connectivity index (χ3n) is 3.53. The summed E-state index contributed by atoms with van der Waals surface area (Å²) in [7, 11) is 0. The Morgan fingerprint density at radius 1 is 1.12 bits per heavy atom. The van der Waals surface area contributed by atoms with Crippen molar-refractivity contribution < 1.29 is 18.8 Å². The number of nitrogens with one attached hydrogen (secondary N) is 1. The first kappa shape index (κ1) is 14.3. The first-order valence-electron chi connectivity index (χ1n) is 7.31. The first-order valence-corrected chi connectivity index (χ1v) is 7.31. The monoisotopic (exact) mass is 323 g/mol. The molecule has 0 saturated heterocycles. The number of aromatic nitrogens is 2. The summed E-state index contributed by atoms with van der Waals surface area (Å²) in [6.45, 7) is 1.92. The van der Waals surface area contributed by atoms with Crippen LogP contribution in [-0.4, -0.2) is 22.8 Å². The molecule has 2 heterocycles. The molecule has 1 aliphatic heterocycles. The number of fused-ring (bicyclic) bond motifs is 1. The van der Waals surface area contributed by atoms with Gasteiger partial charge in [-0.3, -0.25) is 4.79 Å². The molecule has 1 aromatic heterocycles. The summed E-state index contributed by atoms with van der Waals surface area (Å²) < 4.78 is 15.7. The van der Waals surface area contributed by atoms with Crippen molar-refractivity contribution in [2.75, 3.05) is 12.1 Å². The third kappa shape index (κ3) is 2.67. The molecule has 2 aromatic carbocycles. The largest absolute Gasteiger partial charge is 0.454 e. The lowest BCUT2D eigenvalue weighted by molar-refractivity contribution is 0.102. The number of amides is 1. The molecule has 0 bridgehead atoms. The fourth-order valence-corrected chi connectivity index (χ4v) is 2.39. The van der Waals surface area contributed by atoms with E-state index in [0.717, 1.165) is 5.56 Å². The van der Waals surface area contributed by atoms with Crippen LogP contribution in [0.4, 0.5) is 5.69 Å². The molecule has 0 spiro atoms. The maximum absolute atomic E-state index is 12.4. The Bertz CT molecular complexity index is 920. The molecule has 1 N–H and O–H groups in total. The summed E-state index contributed by atoms with van der Waals surface area (Å²) >= 11 is 0. The van der Waals surface area contributed by atoms with Gasteiger partial charge in [-0.2, -0.15) is 4.98 Å². The Morgan fingerprint density at radius 2 is 2.00 bits per heavy atom. The van der Waals surface area contributed by atoms with Gasteiger partial charge in [-0.05, 0) is 43.3 Å². The Morgan fingerprint density at radius 3 is 2.83 bits per heavy atom. The lowest BCUT2D eigenvalue weighted by Gasteiger charge is -2.07. The van der Waals surface area contributed by atoms with Gasteiger partial charge in [0.1, 0.15) is 0 Å². The predicted octanol–water partition coefficient (Wildman–Crippen LogP) is 3.03. The molecular weight excluding hydrogens is 310 g/mol. The molecule has 120 valence electrons. The highest BCUT2D eigenvalue weighted by Crippen LogP contribution is 2.32. The number of hydrogen-bond donors (Lipinski definition) is 1. The van der Waals surface area contributed by atoms with Crippen LogP contribution in [0, 0.1) is 6.92 Å². The number of hydrogen-bond acceptors (Lipinski definition) is 6. The van der Waals surface area contributed by atoms with Gasteiger partial charge in [0.05, 0.1) is 0 Å². The summed E-state index contributed by atoms with van der Waals surface area (Å²) in [4.78, 5) is 16.6. The van der Waals surface area contributed by atoms with Crippen LogP contribution in [0.1, 0.15) is 16.2 Å². The van der Waals surface area contributed by atoms with Gasteiger partial charge in [0, 0.05) is 16.8 Å². The van der Waals surface area contributed by atoms with Crippen molar-refractivity contribution in [2.24, 2.45) is 0 Å². The fraction of sp³-hybridized carbons (Fsp3) is 0.118. The molecule has 7 nitrogen and oxygen atoms in total. The van der Waals surface area contributed by atoms with E-state index in [4.69, 9.17) is 14.0 Å². The Hall–Kier alpha value is -3.35. The van der Waals surface area contributed by atoms with Gasteiger partial charge in [0.15, 0.2) is 17.3 Å². The standard InChI is InChI=1S/C17H13N3O4/c1-10-18-17(24-20-10)12-3-2-4-13(7-12)19-16(21)11-5-6-14-15(8-11)23-9-22-14/h2-8H,9H2,1H3,(H,19,21). The van der Waals surface area contributed by atoms with Crippen molar-refractivity contribution in [3.63, 3.8) is 0 Å². The number of nitrogens with zero attached hydrogens (tertiary/aromatic N) is 2. The molecule has 0 unspecified atom stereocenters. The molecule has 0 atom stereocenters. The molecule has 0 saturated carbocycles.